The zero-order valence-electron chi connectivity index (χ0n) is 9.83. The number of halogens is 2. The summed E-state index contributed by atoms with van der Waals surface area (Å²) in [5.74, 6) is 0.0395. The van der Waals surface area contributed by atoms with Gasteiger partial charge in [0.25, 0.3) is 5.91 Å². The molecule has 1 aromatic carbocycles. The van der Waals surface area contributed by atoms with Crippen molar-refractivity contribution in [1.82, 2.24) is 5.32 Å². The van der Waals surface area contributed by atoms with Gasteiger partial charge in [-0.1, -0.05) is 18.0 Å². The summed E-state index contributed by atoms with van der Waals surface area (Å²) in [4.78, 5) is 12.0. The van der Waals surface area contributed by atoms with Crippen LogP contribution in [0.5, 0.6) is 0 Å². The zero-order chi connectivity index (χ0) is 13.1. The predicted molar refractivity (Wildman–Crippen MR) is 74.8 cm³/mol. The predicted octanol–water partition coefficient (Wildman–Crippen LogP) is 2.99. The van der Waals surface area contributed by atoms with Gasteiger partial charge in [0.2, 0.25) is 0 Å². The number of hydrogen-bond donors (Lipinski definition) is 2. The van der Waals surface area contributed by atoms with Crippen LogP contribution in [0.25, 0.3) is 0 Å². The summed E-state index contributed by atoms with van der Waals surface area (Å²) in [6, 6.07) is 5.07. The van der Waals surface area contributed by atoms with Crippen molar-refractivity contribution in [3.63, 3.8) is 0 Å². The Labute approximate surface area is 120 Å². The van der Waals surface area contributed by atoms with Crippen LogP contribution >= 0.6 is 27.5 Å². The number of hydrogen-bond acceptors (Lipinski definition) is 2. The zero-order valence-corrected chi connectivity index (χ0v) is 12.2. The molecule has 1 aliphatic rings. The van der Waals surface area contributed by atoms with E-state index in [1.54, 1.807) is 18.2 Å². The van der Waals surface area contributed by atoms with Crippen LogP contribution in [0.3, 0.4) is 0 Å². The van der Waals surface area contributed by atoms with Gasteiger partial charge >= 0.3 is 0 Å². The van der Waals surface area contributed by atoms with Gasteiger partial charge in [0, 0.05) is 22.0 Å². The molecule has 1 amide bonds. The Morgan fingerprint density at radius 2 is 2.28 bits per heavy atom. The van der Waals surface area contributed by atoms with Gasteiger partial charge in [-0.05, 0) is 47.0 Å². The lowest BCUT2D eigenvalue weighted by atomic mass is 10.1. The summed E-state index contributed by atoms with van der Waals surface area (Å²) in [6.07, 6.45) is 2.57. The molecule has 2 N–H and O–H groups in total. The van der Waals surface area contributed by atoms with E-state index in [2.05, 4.69) is 21.2 Å². The third-order valence-electron chi connectivity index (χ3n) is 3.32. The summed E-state index contributed by atoms with van der Waals surface area (Å²) < 4.78 is 0.680. The molecule has 3 nitrogen and oxygen atoms in total. The Kier molecular flexibility index (Phi) is 4.65. The second-order valence-electron chi connectivity index (χ2n) is 4.59. The maximum Gasteiger partial charge on any atom is 0.252 e. The van der Waals surface area contributed by atoms with Crippen LogP contribution in [-0.2, 0) is 0 Å². The molecule has 0 aliphatic heterocycles. The van der Waals surface area contributed by atoms with Crippen LogP contribution in [0.1, 0.15) is 29.6 Å². The smallest absolute Gasteiger partial charge is 0.252 e. The van der Waals surface area contributed by atoms with Gasteiger partial charge in [0.05, 0.1) is 11.7 Å². The first-order valence-corrected chi connectivity index (χ1v) is 7.16. The molecular formula is C13H15BrClNO2. The number of aliphatic hydroxyl groups is 1. The van der Waals surface area contributed by atoms with Gasteiger partial charge in [-0.25, -0.2) is 0 Å². The molecule has 0 saturated heterocycles. The second-order valence-corrected chi connectivity index (χ2v) is 5.88. The van der Waals surface area contributed by atoms with E-state index in [0.717, 1.165) is 19.3 Å². The number of rotatable bonds is 3. The molecule has 1 saturated carbocycles. The van der Waals surface area contributed by atoms with Gasteiger partial charge in [0.1, 0.15) is 0 Å². The Bertz CT molecular complexity index is 453. The maximum atomic E-state index is 12.0. The van der Waals surface area contributed by atoms with Crippen molar-refractivity contribution in [1.29, 1.82) is 0 Å². The number of carbonyl (C=O) groups is 1. The minimum absolute atomic E-state index is 0.141. The van der Waals surface area contributed by atoms with Crippen LogP contribution in [0.15, 0.2) is 22.7 Å². The van der Waals surface area contributed by atoms with E-state index in [1.165, 1.54) is 0 Å². The minimum Gasteiger partial charge on any atom is -0.393 e. The Hall–Kier alpha value is -0.580. The fourth-order valence-corrected chi connectivity index (χ4v) is 3.11. The summed E-state index contributed by atoms with van der Waals surface area (Å²) in [7, 11) is 0. The number of nitrogens with one attached hydrogen (secondary N) is 1. The number of carbonyl (C=O) groups excluding carboxylic acids is 1. The normalized spacial score (nSPS) is 23.1. The van der Waals surface area contributed by atoms with Crippen LogP contribution in [-0.4, -0.2) is 23.7 Å². The highest BCUT2D eigenvalue weighted by Crippen LogP contribution is 2.25. The number of aliphatic hydroxyl groups excluding tert-OH is 1. The molecule has 1 aliphatic carbocycles. The topological polar surface area (TPSA) is 49.3 Å². The highest BCUT2D eigenvalue weighted by atomic mass is 79.9. The van der Waals surface area contributed by atoms with Crippen molar-refractivity contribution < 1.29 is 9.90 Å². The molecule has 0 aromatic heterocycles. The molecule has 5 heteroatoms. The lowest BCUT2D eigenvalue weighted by molar-refractivity contribution is 0.0916. The van der Waals surface area contributed by atoms with Crippen molar-refractivity contribution in [2.24, 2.45) is 5.92 Å². The van der Waals surface area contributed by atoms with Crippen molar-refractivity contribution in [2.75, 3.05) is 6.54 Å². The minimum atomic E-state index is -0.279. The molecule has 0 heterocycles. The molecule has 1 fully saturated rings. The van der Waals surface area contributed by atoms with Gasteiger partial charge < -0.3 is 10.4 Å². The molecule has 2 atom stereocenters. The van der Waals surface area contributed by atoms with Gasteiger partial charge in [-0.15, -0.1) is 0 Å². The standard InChI is InChI=1S/C13H15BrClNO2/c14-11-6-9(15)4-5-10(11)13(18)16-7-8-2-1-3-12(8)17/h4-6,8,12,17H,1-3,7H2,(H,16,18). The second kappa shape index (κ2) is 6.04. The Morgan fingerprint density at radius 3 is 2.89 bits per heavy atom. The van der Waals surface area contributed by atoms with Gasteiger partial charge in [-0.2, -0.15) is 0 Å². The van der Waals surface area contributed by atoms with Crippen molar-refractivity contribution in [3.05, 3.63) is 33.3 Å². The molecule has 2 unspecified atom stereocenters. The van der Waals surface area contributed by atoms with E-state index in [4.69, 9.17) is 11.6 Å². The van der Waals surface area contributed by atoms with Gasteiger partial charge in [-0.3, -0.25) is 4.79 Å². The maximum absolute atomic E-state index is 12.0. The SMILES string of the molecule is O=C(NCC1CCCC1O)c1ccc(Cl)cc1Br. The highest BCUT2D eigenvalue weighted by molar-refractivity contribution is 9.10. The molecule has 0 bridgehead atoms. The van der Waals surface area contributed by atoms with E-state index < -0.39 is 0 Å². The summed E-state index contributed by atoms with van der Waals surface area (Å²) in [5, 5.41) is 13.1. The quantitative estimate of drug-likeness (QED) is 0.894. The molecule has 2 rings (SSSR count). The van der Waals surface area contributed by atoms with E-state index in [9.17, 15) is 9.90 Å². The third kappa shape index (κ3) is 3.25. The van der Waals surface area contributed by atoms with Crippen molar-refractivity contribution in [2.45, 2.75) is 25.4 Å². The molecular weight excluding hydrogens is 318 g/mol. The fourth-order valence-electron chi connectivity index (χ4n) is 2.25. The Balaban J connectivity index is 1.95. The monoisotopic (exact) mass is 331 g/mol. The summed E-state index contributed by atoms with van der Waals surface area (Å²) in [6.45, 7) is 0.523. The fraction of sp³-hybridized carbons (Fsp3) is 0.462. The van der Waals surface area contributed by atoms with Crippen LogP contribution in [0.4, 0.5) is 0 Å². The largest absolute Gasteiger partial charge is 0.393 e. The number of amides is 1. The lowest BCUT2D eigenvalue weighted by Gasteiger charge is -2.15. The summed E-state index contributed by atoms with van der Waals surface area (Å²) >= 11 is 9.15. The van der Waals surface area contributed by atoms with Crippen LogP contribution < -0.4 is 5.32 Å². The van der Waals surface area contributed by atoms with Gasteiger partial charge in [0.15, 0.2) is 0 Å². The van der Waals surface area contributed by atoms with Crippen LogP contribution in [0, 0.1) is 5.92 Å². The third-order valence-corrected chi connectivity index (χ3v) is 4.21. The molecule has 98 valence electrons. The van der Waals surface area contributed by atoms with E-state index in [1.807, 2.05) is 0 Å². The first-order chi connectivity index (χ1) is 8.58. The molecule has 0 spiro atoms. The van der Waals surface area contributed by atoms with Crippen molar-refractivity contribution in [3.8, 4) is 0 Å². The first-order valence-electron chi connectivity index (χ1n) is 5.99. The summed E-state index contributed by atoms with van der Waals surface area (Å²) in [5.41, 5.74) is 0.562. The lowest BCUT2D eigenvalue weighted by Crippen LogP contribution is -2.32. The molecule has 0 radical (unpaired) electrons. The van der Waals surface area contributed by atoms with Crippen LogP contribution in [0.2, 0.25) is 5.02 Å². The average Bonchev–Trinajstić information content (AvgIpc) is 2.72. The Morgan fingerprint density at radius 1 is 1.50 bits per heavy atom. The van der Waals surface area contributed by atoms with E-state index >= 15 is 0 Å². The van der Waals surface area contributed by atoms with E-state index in [-0.39, 0.29) is 17.9 Å². The van der Waals surface area contributed by atoms with E-state index in [0.29, 0.717) is 21.6 Å². The van der Waals surface area contributed by atoms with Crippen molar-refractivity contribution >= 4 is 33.4 Å². The molecule has 1 aromatic rings. The highest BCUT2D eigenvalue weighted by Gasteiger charge is 2.25. The molecule has 18 heavy (non-hydrogen) atoms. The number of benzene rings is 1. The average molecular weight is 333 g/mol. The first kappa shape index (κ1) is 13.8.